The largest absolute Gasteiger partial charge is 0.477 e. The van der Waals surface area contributed by atoms with Crippen LogP contribution in [0.5, 0.6) is 0 Å². The van der Waals surface area contributed by atoms with Crippen molar-refractivity contribution in [3.8, 4) is 11.8 Å². The maximum atomic E-state index is 13.2. The van der Waals surface area contributed by atoms with Crippen LogP contribution in [-0.2, 0) is 4.79 Å². The van der Waals surface area contributed by atoms with Crippen LogP contribution < -0.4 is 5.73 Å². The Morgan fingerprint density at radius 3 is 2.24 bits per heavy atom. The lowest BCUT2D eigenvalue weighted by molar-refractivity contribution is -0.117. The van der Waals surface area contributed by atoms with Gasteiger partial charge in [-0.15, -0.1) is 0 Å². The van der Waals surface area contributed by atoms with Crippen molar-refractivity contribution in [2.24, 2.45) is 5.73 Å². The highest BCUT2D eigenvalue weighted by Gasteiger charge is 2.17. The highest BCUT2D eigenvalue weighted by molar-refractivity contribution is 5.88. The SMILES string of the molecule is NC(=O)CC#Cc1cc(F)c(C(=O)O)c(F)c1. The van der Waals surface area contributed by atoms with E-state index in [0.717, 1.165) is 12.1 Å². The van der Waals surface area contributed by atoms with E-state index in [-0.39, 0.29) is 12.0 Å². The third kappa shape index (κ3) is 3.28. The average molecular weight is 239 g/mol. The fourth-order valence-electron chi connectivity index (χ4n) is 1.08. The molecule has 1 aromatic carbocycles. The Bertz CT molecular complexity index is 520. The fraction of sp³-hybridized carbons (Fsp3) is 0.0909. The quantitative estimate of drug-likeness (QED) is 0.752. The van der Waals surface area contributed by atoms with Gasteiger partial charge >= 0.3 is 5.97 Å². The van der Waals surface area contributed by atoms with Crippen LogP contribution >= 0.6 is 0 Å². The first-order chi connectivity index (χ1) is 7.91. The first-order valence-electron chi connectivity index (χ1n) is 4.41. The zero-order valence-electron chi connectivity index (χ0n) is 8.46. The van der Waals surface area contributed by atoms with Crippen LogP contribution in [-0.4, -0.2) is 17.0 Å². The number of hydrogen-bond donors (Lipinski definition) is 2. The number of carbonyl (C=O) groups excluding carboxylic acids is 1. The summed E-state index contributed by atoms with van der Waals surface area (Å²) in [6.45, 7) is 0. The molecule has 1 aromatic rings. The molecular weight excluding hydrogens is 232 g/mol. The van der Waals surface area contributed by atoms with Crippen molar-refractivity contribution in [3.05, 3.63) is 34.9 Å². The zero-order valence-corrected chi connectivity index (χ0v) is 8.46. The number of amides is 1. The van der Waals surface area contributed by atoms with Gasteiger partial charge in [0.1, 0.15) is 17.2 Å². The van der Waals surface area contributed by atoms with Crippen LogP contribution in [0.25, 0.3) is 0 Å². The molecule has 0 saturated heterocycles. The molecule has 3 N–H and O–H groups in total. The Balaban J connectivity index is 3.09. The van der Waals surface area contributed by atoms with E-state index >= 15 is 0 Å². The molecule has 6 heteroatoms. The van der Waals surface area contributed by atoms with Gasteiger partial charge < -0.3 is 10.8 Å². The number of carboxylic acids is 1. The van der Waals surface area contributed by atoms with Crippen molar-refractivity contribution in [1.82, 2.24) is 0 Å². The monoisotopic (exact) mass is 239 g/mol. The number of carboxylic acid groups (broad SMARTS) is 1. The van der Waals surface area contributed by atoms with E-state index < -0.39 is 29.1 Å². The van der Waals surface area contributed by atoms with Gasteiger partial charge in [-0.05, 0) is 12.1 Å². The minimum absolute atomic E-state index is 0.0637. The lowest BCUT2D eigenvalue weighted by atomic mass is 10.1. The molecule has 0 atom stereocenters. The van der Waals surface area contributed by atoms with Gasteiger partial charge in [-0.1, -0.05) is 11.8 Å². The topological polar surface area (TPSA) is 80.4 Å². The molecule has 0 fully saturated rings. The van der Waals surface area contributed by atoms with Gasteiger partial charge in [0.2, 0.25) is 5.91 Å². The standard InChI is InChI=1S/C11H7F2NO3/c12-7-4-6(2-1-3-9(14)15)5-8(13)10(7)11(16)17/h4-5H,3H2,(H2,14,15)(H,16,17). The summed E-state index contributed by atoms with van der Waals surface area (Å²) in [4.78, 5) is 20.8. The lowest BCUT2D eigenvalue weighted by Crippen LogP contribution is -2.08. The van der Waals surface area contributed by atoms with E-state index in [1.165, 1.54) is 0 Å². The molecule has 0 heterocycles. The van der Waals surface area contributed by atoms with Crippen molar-refractivity contribution in [1.29, 1.82) is 0 Å². The Hall–Kier alpha value is -2.42. The molecule has 0 saturated carbocycles. The Labute approximate surface area is 95.0 Å². The Kier molecular flexibility index (Phi) is 3.78. The molecule has 1 amide bonds. The predicted octanol–water partition coefficient (Wildman–Crippen LogP) is 0.890. The molecule has 0 unspecified atom stereocenters. The van der Waals surface area contributed by atoms with Gasteiger partial charge in [0.15, 0.2) is 0 Å². The van der Waals surface area contributed by atoms with E-state index in [2.05, 4.69) is 11.8 Å². The molecule has 0 spiro atoms. The van der Waals surface area contributed by atoms with Crippen molar-refractivity contribution < 1.29 is 23.5 Å². The van der Waals surface area contributed by atoms with Crippen LogP contribution in [0.3, 0.4) is 0 Å². The van der Waals surface area contributed by atoms with Crippen molar-refractivity contribution in [2.75, 3.05) is 0 Å². The van der Waals surface area contributed by atoms with Gasteiger partial charge in [-0.3, -0.25) is 4.79 Å². The second-order valence-corrected chi connectivity index (χ2v) is 3.06. The van der Waals surface area contributed by atoms with Crippen LogP contribution in [0.1, 0.15) is 22.3 Å². The third-order valence-electron chi connectivity index (χ3n) is 1.75. The average Bonchev–Trinajstić information content (AvgIpc) is 2.14. The normalized spacial score (nSPS) is 9.29. The van der Waals surface area contributed by atoms with E-state index in [0.29, 0.717) is 0 Å². The maximum absolute atomic E-state index is 13.2. The maximum Gasteiger partial charge on any atom is 0.341 e. The van der Waals surface area contributed by atoms with E-state index in [1.807, 2.05) is 0 Å². The number of nitrogens with two attached hydrogens (primary N) is 1. The molecule has 0 aliphatic heterocycles. The van der Waals surface area contributed by atoms with Crippen LogP contribution in [0.4, 0.5) is 8.78 Å². The molecule has 88 valence electrons. The molecule has 0 aliphatic carbocycles. The van der Waals surface area contributed by atoms with Gasteiger partial charge in [-0.25, -0.2) is 13.6 Å². The smallest absolute Gasteiger partial charge is 0.341 e. The summed E-state index contributed by atoms with van der Waals surface area (Å²) in [5, 5.41) is 8.51. The second-order valence-electron chi connectivity index (χ2n) is 3.06. The van der Waals surface area contributed by atoms with Crippen molar-refractivity contribution >= 4 is 11.9 Å². The summed E-state index contributed by atoms with van der Waals surface area (Å²) < 4.78 is 26.3. The molecular formula is C11H7F2NO3. The van der Waals surface area contributed by atoms with Crippen LogP contribution in [0.15, 0.2) is 12.1 Å². The Morgan fingerprint density at radius 2 is 1.82 bits per heavy atom. The number of hydrogen-bond acceptors (Lipinski definition) is 2. The van der Waals surface area contributed by atoms with E-state index in [1.54, 1.807) is 0 Å². The number of rotatable bonds is 2. The number of primary amides is 1. The third-order valence-corrected chi connectivity index (χ3v) is 1.75. The van der Waals surface area contributed by atoms with Gasteiger partial charge in [0.05, 0.1) is 6.42 Å². The number of halogens is 2. The summed E-state index contributed by atoms with van der Waals surface area (Å²) in [5.41, 5.74) is 3.71. The molecule has 1 rings (SSSR count). The lowest BCUT2D eigenvalue weighted by Gasteiger charge is -2.00. The zero-order chi connectivity index (χ0) is 13.0. The van der Waals surface area contributed by atoms with Crippen LogP contribution in [0.2, 0.25) is 0 Å². The number of aromatic carboxylic acids is 1. The number of carbonyl (C=O) groups is 2. The fourth-order valence-corrected chi connectivity index (χ4v) is 1.08. The van der Waals surface area contributed by atoms with Crippen molar-refractivity contribution in [2.45, 2.75) is 6.42 Å². The summed E-state index contributed by atoms with van der Waals surface area (Å²) in [6.07, 6.45) is -0.246. The Morgan fingerprint density at radius 1 is 1.29 bits per heavy atom. The summed E-state index contributed by atoms with van der Waals surface area (Å²) in [6, 6.07) is 1.56. The van der Waals surface area contributed by atoms with Gasteiger partial charge in [0.25, 0.3) is 0 Å². The summed E-state index contributed by atoms with van der Waals surface area (Å²) in [7, 11) is 0. The first kappa shape index (κ1) is 12.6. The summed E-state index contributed by atoms with van der Waals surface area (Å²) in [5.74, 6) is -0.208. The number of benzene rings is 1. The molecule has 0 aliphatic rings. The van der Waals surface area contributed by atoms with Crippen LogP contribution in [0, 0.1) is 23.5 Å². The highest BCUT2D eigenvalue weighted by Crippen LogP contribution is 2.14. The second kappa shape index (κ2) is 5.07. The van der Waals surface area contributed by atoms with E-state index in [4.69, 9.17) is 10.8 Å². The predicted molar refractivity (Wildman–Crippen MR) is 54.0 cm³/mol. The minimum atomic E-state index is -1.70. The molecule has 0 radical (unpaired) electrons. The highest BCUT2D eigenvalue weighted by atomic mass is 19.1. The minimum Gasteiger partial charge on any atom is -0.477 e. The molecule has 4 nitrogen and oxygen atoms in total. The van der Waals surface area contributed by atoms with Gasteiger partial charge in [-0.2, -0.15) is 0 Å². The van der Waals surface area contributed by atoms with Gasteiger partial charge in [0, 0.05) is 5.56 Å². The summed E-state index contributed by atoms with van der Waals surface area (Å²) >= 11 is 0. The van der Waals surface area contributed by atoms with E-state index in [9.17, 15) is 18.4 Å². The molecule has 0 aromatic heterocycles. The van der Waals surface area contributed by atoms with Crippen molar-refractivity contribution in [3.63, 3.8) is 0 Å². The first-order valence-corrected chi connectivity index (χ1v) is 4.41. The molecule has 0 bridgehead atoms. The molecule has 17 heavy (non-hydrogen) atoms.